The molecule has 2 aromatic rings. The lowest BCUT2D eigenvalue weighted by Gasteiger charge is -2.22. The second-order valence-corrected chi connectivity index (χ2v) is 7.11. The van der Waals surface area contributed by atoms with E-state index in [0.717, 1.165) is 43.7 Å². The molecule has 3 heterocycles. The van der Waals surface area contributed by atoms with Crippen molar-refractivity contribution in [1.82, 2.24) is 15.0 Å². The minimum atomic E-state index is -0.0680. The highest BCUT2D eigenvalue weighted by Crippen LogP contribution is 2.32. The predicted molar refractivity (Wildman–Crippen MR) is 91.4 cm³/mol. The molecule has 6 heteroatoms. The van der Waals surface area contributed by atoms with Crippen LogP contribution in [0.1, 0.15) is 61.5 Å². The molecule has 0 saturated carbocycles. The first-order valence-electron chi connectivity index (χ1n) is 8.99. The number of hydrogen-bond donors (Lipinski definition) is 0. The predicted octanol–water partition coefficient (Wildman–Crippen LogP) is 3.03. The molecule has 132 valence electrons. The molecule has 1 saturated heterocycles. The third-order valence-corrected chi connectivity index (χ3v) is 4.93. The maximum atomic E-state index is 12.8. The number of hydrogen-bond acceptors (Lipinski definition) is 5. The number of amides is 1. The number of likely N-dealkylation sites (tertiary alicyclic amines) is 1. The van der Waals surface area contributed by atoms with E-state index in [9.17, 15) is 4.79 Å². The zero-order valence-corrected chi connectivity index (χ0v) is 14.7. The van der Waals surface area contributed by atoms with E-state index < -0.39 is 0 Å². The van der Waals surface area contributed by atoms with Gasteiger partial charge in [0, 0.05) is 18.9 Å². The van der Waals surface area contributed by atoms with E-state index in [2.05, 4.69) is 16.2 Å². The van der Waals surface area contributed by atoms with Gasteiger partial charge >= 0.3 is 0 Å². The minimum Gasteiger partial charge on any atom is -0.493 e. The molecule has 0 N–H and O–H groups in total. The molecule has 1 unspecified atom stereocenters. The average Bonchev–Trinajstić information content (AvgIpc) is 3.33. The fraction of sp³-hybridized carbons (Fsp3) is 0.526. The summed E-state index contributed by atoms with van der Waals surface area (Å²) in [4.78, 5) is 19.2. The first-order valence-corrected chi connectivity index (χ1v) is 8.99. The molecule has 1 aromatic carbocycles. The van der Waals surface area contributed by atoms with Crippen molar-refractivity contribution in [3.8, 4) is 5.75 Å². The van der Waals surface area contributed by atoms with E-state index in [1.807, 2.05) is 30.9 Å². The number of aromatic nitrogens is 2. The topological polar surface area (TPSA) is 68.5 Å². The molecule has 2 aliphatic rings. The van der Waals surface area contributed by atoms with E-state index >= 15 is 0 Å². The zero-order valence-electron chi connectivity index (χ0n) is 14.7. The summed E-state index contributed by atoms with van der Waals surface area (Å²) < 4.78 is 10.9. The highest BCUT2D eigenvalue weighted by atomic mass is 16.5. The molecule has 1 atom stereocenters. The van der Waals surface area contributed by atoms with E-state index in [1.165, 1.54) is 5.56 Å². The summed E-state index contributed by atoms with van der Waals surface area (Å²) in [7, 11) is 0. The van der Waals surface area contributed by atoms with Gasteiger partial charge in [-0.2, -0.15) is 4.98 Å². The van der Waals surface area contributed by atoms with Gasteiger partial charge in [-0.05, 0) is 30.0 Å². The Morgan fingerprint density at radius 3 is 3.08 bits per heavy atom. The highest BCUT2D eigenvalue weighted by molar-refractivity contribution is 5.79. The summed E-state index contributed by atoms with van der Waals surface area (Å²) in [5.41, 5.74) is 2.24. The van der Waals surface area contributed by atoms with Crippen LogP contribution in [0.3, 0.4) is 0 Å². The fourth-order valence-electron chi connectivity index (χ4n) is 3.58. The summed E-state index contributed by atoms with van der Waals surface area (Å²) >= 11 is 0. The Balaban J connectivity index is 1.48. The Morgan fingerprint density at radius 1 is 1.40 bits per heavy atom. The molecule has 1 aromatic heterocycles. The van der Waals surface area contributed by atoms with Crippen molar-refractivity contribution in [3.05, 3.63) is 41.0 Å². The van der Waals surface area contributed by atoms with Gasteiger partial charge in [0.1, 0.15) is 5.75 Å². The second-order valence-electron chi connectivity index (χ2n) is 7.11. The number of carbonyl (C=O) groups excluding carboxylic acids is 1. The molecule has 0 aliphatic carbocycles. The Hall–Kier alpha value is -2.37. The van der Waals surface area contributed by atoms with Crippen LogP contribution in [0.4, 0.5) is 0 Å². The molecule has 4 rings (SSSR count). The van der Waals surface area contributed by atoms with E-state index in [0.29, 0.717) is 18.1 Å². The van der Waals surface area contributed by atoms with Crippen LogP contribution < -0.4 is 4.74 Å². The van der Waals surface area contributed by atoms with E-state index in [4.69, 9.17) is 9.26 Å². The van der Waals surface area contributed by atoms with Crippen LogP contribution in [0.25, 0.3) is 0 Å². The quantitative estimate of drug-likeness (QED) is 0.855. The number of ether oxygens (including phenoxy) is 1. The van der Waals surface area contributed by atoms with Crippen molar-refractivity contribution >= 4 is 5.91 Å². The normalized spacial score (nSPS) is 19.3. The van der Waals surface area contributed by atoms with Gasteiger partial charge in [-0.25, -0.2) is 0 Å². The molecular weight excluding hydrogens is 318 g/mol. The summed E-state index contributed by atoms with van der Waals surface area (Å²) in [5, 5.41) is 4.11. The van der Waals surface area contributed by atoms with Crippen LogP contribution in [0.15, 0.2) is 22.7 Å². The third-order valence-electron chi connectivity index (χ3n) is 4.93. The van der Waals surface area contributed by atoms with E-state index in [1.54, 1.807) is 0 Å². The summed E-state index contributed by atoms with van der Waals surface area (Å²) in [6, 6.07) is 5.98. The van der Waals surface area contributed by atoms with Crippen LogP contribution >= 0.6 is 0 Å². The van der Waals surface area contributed by atoms with Gasteiger partial charge in [-0.3, -0.25) is 4.79 Å². The summed E-state index contributed by atoms with van der Waals surface area (Å²) in [6.07, 6.45) is 3.18. The van der Waals surface area contributed by atoms with Gasteiger partial charge in [0.15, 0.2) is 5.82 Å². The Kier molecular flexibility index (Phi) is 4.19. The Bertz CT molecular complexity index is 784. The van der Waals surface area contributed by atoms with Crippen molar-refractivity contribution < 1.29 is 14.1 Å². The number of rotatable bonds is 4. The molecule has 2 aliphatic heterocycles. The zero-order chi connectivity index (χ0) is 17.4. The standard InChI is InChI=1S/C19H23N3O3/c1-12(2)19-20-18(21-25-19)15-4-3-8-22(15)17(23)11-13-5-6-16-14(10-13)7-9-24-16/h5-6,10,12,15H,3-4,7-9,11H2,1-2H3. The highest BCUT2D eigenvalue weighted by Gasteiger charge is 2.33. The molecule has 25 heavy (non-hydrogen) atoms. The Labute approximate surface area is 147 Å². The number of benzene rings is 1. The maximum Gasteiger partial charge on any atom is 0.229 e. The van der Waals surface area contributed by atoms with E-state index in [-0.39, 0.29) is 17.9 Å². The van der Waals surface area contributed by atoms with Crippen LogP contribution in [0, 0.1) is 0 Å². The molecule has 0 spiro atoms. The lowest BCUT2D eigenvalue weighted by atomic mass is 10.1. The second kappa shape index (κ2) is 6.50. The SMILES string of the molecule is CC(C)c1nc(C2CCCN2C(=O)Cc2ccc3c(c2)CCO3)no1. The maximum absolute atomic E-state index is 12.8. The first kappa shape index (κ1) is 16.1. The van der Waals surface area contributed by atoms with Gasteiger partial charge in [-0.1, -0.05) is 31.1 Å². The average molecular weight is 341 g/mol. The fourth-order valence-corrected chi connectivity index (χ4v) is 3.58. The molecule has 0 bridgehead atoms. The lowest BCUT2D eigenvalue weighted by Crippen LogP contribution is -2.32. The molecule has 1 fully saturated rings. The smallest absolute Gasteiger partial charge is 0.229 e. The summed E-state index contributed by atoms with van der Waals surface area (Å²) in [6.45, 7) is 5.53. The molecule has 0 radical (unpaired) electrons. The Morgan fingerprint density at radius 2 is 2.28 bits per heavy atom. The molecular formula is C19H23N3O3. The van der Waals surface area contributed by atoms with Crippen molar-refractivity contribution in [2.75, 3.05) is 13.2 Å². The number of fused-ring (bicyclic) bond motifs is 1. The molecule has 1 amide bonds. The summed E-state index contributed by atoms with van der Waals surface area (Å²) in [5.74, 6) is 2.53. The van der Waals surface area contributed by atoms with Crippen molar-refractivity contribution in [2.45, 2.75) is 51.5 Å². The van der Waals surface area contributed by atoms with Crippen LogP contribution in [-0.2, 0) is 17.6 Å². The van der Waals surface area contributed by atoms with Gasteiger partial charge in [-0.15, -0.1) is 0 Å². The number of carbonyl (C=O) groups is 1. The number of nitrogens with zero attached hydrogens (tertiary/aromatic N) is 3. The van der Waals surface area contributed by atoms with Crippen molar-refractivity contribution in [3.63, 3.8) is 0 Å². The van der Waals surface area contributed by atoms with Crippen molar-refractivity contribution in [1.29, 1.82) is 0 Å². The van der Waals surface area contributed by atoms with Gasteiger partial charge in [0.05, 0.1) is 19.1 Å². The lowest BCUT2D eigenvalue weighted by molar-refractivity contribution is -0.131. The van der Waals surface area contributed by atoms with Crippen LogP contribution in [0.5, 0.6) is 5.75 Å². The first-order chi connectivity index (χ1) is 12.1. The molecule has 6 nitrogen and oxygen atoms in total. The van der Waals surface area contributed by atoms with Gasteiger partial charge in [0.2, 0.25) is 11.8 Å². The van der Waals surface area contributed by atoms with Gasteiger partial charge < -0.3 is 14.2 Å². The van der Waals surface area contributed by atoms with Gasteiger partial charge in [0.25, 0.3) is 0 Å². The largest absolute Gasteiger partial charge is 0.493 e. The van der Waals surface area contributed by atoms with Crippen LogP contribution in [-0.4, -0.2) is 34.1 Å². The third kappa shape index (κ3) is 3.13. The van der Waals surface area contributed by atoms with Crippen LogP contribution in [0.2, 0.25) is 0 Å². The minimum absolute atomic E-state index is 0.0680. The monoisotopic (exact) mass is 341 g/mol. The van der Waals surface area contributed by atoms with Crippen molar-refractivity contribution in [2.24, 2.45) is 0 Å².